The maximum Gasteiger partial charge on any atom is 0.373 e. The van der Waals surface area contributed by atoms with Crippen LogP contribution in [-0.4, -0.2) is 12.1 Å². The second kappa shape index (κ2) is 4.14. The minimum atomic E-state index is -0.480. The molecule has 12 heavy (non-hydrogen) atoms. The fourth-order valence-corrected chi connectivity index (χ4v) is 0.969. The van der Waals surface area contributed by atoms with Gasteiger partial charge in [0, 0.05) is 12.2 Å². The number of rotatable bonds is 3. The number of nitrogens with one attached hydrogen (secondary N) is 1. The van der Waals surface area contributed by atoms with E-state index in [1.165, 1.54) is 0 Å². The zero-order valence-electron chi connectivity index (χ0n) is 7.12. The van der Waals surface area contributed by atoms with Gasteiger partial charge in [-0.1, -0.05) is 12.1 Å². The highest BCUT2D eigenvalue weighted by molar-refractivity contribution is 6.45. The third-order valence-electron chi connectivity index (χ3n) is 1.55. The van der Waals surface area contributed by atoms with Crippen molar-refractivity contribution in [3.05, 3.63) is 29.8 Å². The van der Waals surface area contributed by atoms with E-state index < -0.39 is 7.05 Å². The maximum absolute atomic E-state index is 8.94. The first kappa shape index (κ1) is 9.10. The number of benzene rings is 1. The Labute approximate surface area is 72.7 Å². The van der Waals surface area contributed by atoms with Crippen LogP contribution in [0.25, 0.3) is 0 Å². The minimum absolute atomic E-state index is 0.480. The molecule has 4 heteroatoms. The molecule has 3 nitrogen and oxygen atoms in total. The van der Waals surface area contributed by atoms with E-state index in [0.717, 1.165) is 11.3 Å². The molecule has 0 aromatic heterocycles. The second-order valence-electron chi connectivity index (χ2n) is 2.80. The summed E-state index contributed by atoms with van der Waals surface area (Å²) in [5.41, 5.74) is 7.40. The smallest absolute Gasteiger partial charge is 0.373 e. The van der Waals surface area contributed by atoms with Crippen LogP contribution < -0.4 is 11.0 Å². The predicted octanol–water partition coefficient (Wildman–Crippen LogP) is 0.469. The van der Waals surface area contributed by atoms with Gasteiger partial charge in [-0.25, -0.2) is 0 Å². The quantitative estimate of drug-likeness (QED) is 0.449. The van der Waals surface area contributed by atoms with E-state index in [2.05, 4.69) is 5.23 Å². The van der Waals surface area contributed by atoms with Crippen molar-refractivity contribution < 1.29 is 5.02 Å². The molecule has 0 heterocycles. The molecule has 1 aromatic rings. The van der Waals surface area contributed by atoms with Crippen LogP contribution in [0.3, 0.4) is 0 Å². The molecule has 64 valence electrons. The second-order valence-corrected chi connectivity index (χ2v) is 2.80. The van der Waals surface area contributed by atoms with Gasteiger partial charge < -0.3 is 16.0 Å². The Morgan fingerprint density at radius 3 is 2.92 bits per heavy atom. The van der Waals surface area contributed by atoms with Gasteiger partial charge in [-0.05, 0) is 24.5 Å². The van der Waals surface area contributed by atoms with Crippen LogP contribution in [-0.2, 0) is 6.54 Å². The summed E-state index contributed by atoms with van der Waals surface area (Å²) in [5, 5.41) is 11.8. The number of hydrogen-bond acceptors (Lipinski definition) is 3. The highest BCUT2D eigenvalue weighted by Gasteiger charge is 2.00. The van der Waals surface area contributed by atoms with Crippen molar-refractivity contribution in [2.75, 3.05) is 5.73 Å². The van der Waals surface area contributed by atoms with E-state index in [0.29, 0.717) is 6.54 Å². The number of anilines is 1. The molecule has 0 saturated heterocycles. The molecule has 0 radical (unpaired) electrons. The summed E-state index contributed by atoms with van der Waals surface area (Å²) in [5.74, 6) is 0. The van der Waals surface area contributed by atoms with Crippen molar-refractivity contribution in [1.82, 2.24) is 5.23 Å². The minimum Gasteiger partial charge on any atom is -0.437 e. The molecule has 1 rings (SSSR count). The molecule has 0 saturated carbocycles. The highest BCUT2D eigenvalue weighted by Crippen LogP contribution is 2.05. The fourth-order valence-electron chi connectivity index (χ4n) is 0.969. The molecular weight excluding hydrogens is 151 g/mol. The Balaban J connectivity index is 2.52. The van der Waals surface area contributed by atoms with Crippen LogP contribution in [0.1, 0.15) is 5.56 Å². The lowest BCUT2D eigenvalue weighted by atomic mass is 9.88. The monoisotopic (exact) mass is 164 g/mol. The van der Waals surface area contributed by atoms with Gasteiger partial charge in [-0.2, -0.15) is 0 Å². The average molecular weight is 164 g/mol. The Morgan fingerprint density at radius 1 is 1.58 bits per heavy atom. The molecule has 0 aliphatic rings. The van der Waals surface area contributed by atoms with E-state index >= 15 is 0 Å². The third-order valence-corrected chi connectivity index (χ3v) is 1.55. The summed E-state index contributed by atoms with van der Waals surface area (Å²) in [6.45, 7) is 2.33. The molecule has 0 spiro atoms. The summed E-state index contributed by atoms with van der Waals surface area (Å²) in [6.07, 6.45) is 0. The van der Waals surface area contributed by atoms with Crippen molar-refractivity contribution in [2.45, 2.75) is 13.4 Å². The van der Waals surface area contributed by atoms with E-state index in [-0.39, 0.29) is 0 Å². The van der Waals surface area contributed by atoms with Crippen LogP contribution >= 0.6 is 0 Å². The standard InChI is InChI=1S/C8H13BN2O/c1-9(12)11-6-7-3-2-4-8(10)5-7/h2-5,11-12H,6,10H2,1H3. The Bertz CT molecular complexity index is 253. The fraction of sp³-hybridized carbons (Fsp3) is 0.250. The first-order valence-electron chi connectivity index (χ1n) is 3.94. The van der Waals surface area contributed by atoms with Gasteiger partial charge in [0.05, 0.1) is 0 Å². The van der Waals surface area contributed by atoms with Crippen molar-refractivity contribution in [3.63, 3.8) is 0 Å². The van der Waals surface area contributed by atoms with Gasteiger partial charge >= 0.3 is 7.05 Å². The number of nitrogen functional groups attached to an aromatic ring is 1. The summed E-state index contributed by atoms with van der Waals surface area (Å²) in [7, 11) is -0.480. The summed E-state index contributed by atoms with van der Waals surface area (Å²) >= 11 is 0. The summed E-state index contributed by atoms with van der Waals surface area (Å²) in [4.78, 5) is 0. The zero-order valence-corrected chi connectivity index (χ0v) is 7.12. The van der Waals surface area contributed by atoms with Crippen molar-refractivity contribution in [1.29, 1.82) is 0 Å². The van der Waals surface area contributed by atoms with E-state index in [1.54, 1.807) is 6.82 Å². The number of nitrogens with two attached hydrogens (primary N) is 1. The average Bonchev–Trinajstić information content (AvgIpc) is 2.01. The summed E-state index contributed by atoms with van der Waals surface area (Å²) in [6, 6.07) is 7.58. The Hall–Kier alpha value is -0.995. The van der Waals surface area contributed by atoms with Crippen LogP contribution in [0.15, 0.2) is 24.3 Å². The van der Waals surface area contributed by atoms with E-state index in [9.17, 15) is 0 Å². The molecule has 4 N–H and O–H groups in total. The molecule has 0 amide bonds. The van der Waals surface area contributed by atoms with Gasteiger partial charge in [0.25, 0.3) is 0 Å². The molecule has 0 fully saturated rings. The maximum atomic E-state index is 8.94. The molecule has 0 aliphatic carbocycles. The Morgan fingerprint density at radius 2 is 2.33 bits per heavy atom. The molecule has 0 aliphatic heterocycles. The summed E-state index contributed by atoms with van der Waals surface area (Å²) < 4.78 is 0. The van der Waals surface area contributed by atoms with Gasteiger partial charge in [-0.15, -0.1) is 0 Å². The normalized spacial score (nSPS) is 9.83. The SMILES string of the molecule is CB(O)NCc1cccc(N)c1. The van der Waals surface area contributed by atoms with Gasteiger partial charge in [0.2, 0.25) is 0 Å². The van der Waals surface area contributed by atoms with Crippen LogP contribution in [0.4, 0.5) is 5.69 Å². The van der Waals surface area contributed by atoms with Gasteiger partial charge in [0.1, 0.15) is 0 Å². The highest BCUT2D eigenvalue weighted by atomic mass is 16.2. The Kier molecular flexibility index (Phi) is 3.14. The molecule has 1 aromatic carbocycles. The zero-order chi connectivity index (χ0) is 8.97. The van der Waals surface area contributed by atoms with Crippen molar-refractivity contribution in [2.24, 2.45) is 0 Å². The van der Waals surface area contributed by atoms with E-state index in [1.807, 2.05) is 24.3 Å². The predicted molar refractivity (Wildman–Crippen MR) is 51.5 cm³/mol. The lowest BCUT2D eigenvalue weighted by Crippen LogP contribution is -2.29. The first-order valence-corrected chi connectivity index (χ1v) is 3.94. The van der Waals surface area contributed by atoms with Crippen LogP contribution in [0.5, 0.6) is 0 Å². The van der Waals surface area contributed by atoms with Gasteiger partial charge in [0.15, 0.2) is 0 Å². The first-order chi connectivity index (χ1) is 5.68. The largest absolute Gasteiger partial charge is 0.437 e. The van der Waals surface area contributed by atoms with Crippen molar-refractivity contribution >= 4 is 12.7 Å². The van der Waals surface area contributed by atoms with Gasteiger partial charge in [-0.3, -0.25) is 0 Å². The number of hydrogen-bond donors (Lipinski definition) is 3. The lowest BCUT2D eigenvalue weighted by molar-refractivity contribution is 0.554. The van der Waals surface area contributed by atoms with Crippen LogP contribution in [0.2, 0.25) is 6.82 Å². The van der Waals surface area contributed by atoms with E-state index in [4.69, 9.17) is 10.8 Å². The molecular formula is C8H13BN2O. The topological polar surface area (TPSA) is 58.3 Å². The molecule has 0 bridgehead atoms. The molecule has 0 atom stereocenters. The lowest BCUT2D eigenvalue weighted by Gasteiger charge is -2.04. The third kappa shape index (κ3) is 2.94. The van der Waals surface area contributed by atoms with Crippen LogP contribution in [0, 0.1) is 0 Å². The molecule has 0 unspecified atom stereocenters. The van der Waals surface area contributed by atoms with Crippen molar-refractivity contribution in [3.8, 4) is 0 Å².